The summed E-state index contributed by atoms with van der Waals surface area (Å²) in [5.74, 6) is -1.72. The second kappa shape index (κ2) is 6.77. The van der Waals surface area contributed by atoms with E-state index >= 15 is 0 Å². The summed E-state index contributed by atoms with van der Waals surface area (Å²) in [7, 11) is 1.25. The number of amides is 2. The summed E-state index contributed by atoms with van der Waals surface area (Å²) < 4.78 is 4.68. The molecule has 7 atom stereocenters. The Morgan fingerprint density at radius 2 is 2.03 bits per heavy atom. The molecule has 2 amide bonds. The number of carbonyl (C=O) groups excluding carboxylic acids is 3. The third-order valence-corrected chi connectivity index (χ3v) is 9.96. The maximum absolute atomic E-state index is 13.2. The quantitative estimate of drug-likeness (QED) is 0.549. The van der Waals surface area contributed by atoms with Gasteiger partial charge in [-0.25, -0.2) is 0 Å². The first kappa shape index (κ1) is 19.2. The summed E-state index contributed by atoms with van der Waals surface area (Å²) >= 11 is 2.87. The van der Waals surface area contributed by atoms with Gasteiger partial charge in [0, 0.05) is 28.4 Å². The molecule has 0 aromatic carbocycles. The van der Waals surface area contributed by atoms with Gasteiger partial charge in [0.15, 0.2) is 0 Å². The van der Waals surface area contributed by atoms with Crippen molar-refractivity contribution in [2.75, 3.05) is 13.7 Å². The van der Waals surface area contributed by atoms with E-state index in [1.165, 1.54) is 18.4 Å². The monoisotopic (exact) mass is 457 g/mol. The summed E-state index contributed by atoms with van der Waals surface area (Å²) in [5.41, 5.74) is 1.03. The normalized spacial score (nSPS) is 35.1. The second-order valence-corrected chi connectivity index (χ2v) is 10.8. The van der Waals surface area contributed by atoms with Crippen molar-refractivity contribution >= 4 is 40.9 Å². The number of rotatable bonds is 3. The average molecular weight is 458 g/mol. The van der Waals surface area contributed by atoms with Gasteiger partial charge in [0.05, 0.1) is 24.0 Å². The number of carbonyl (C=O) groups is 3. The maximum Gasteiger partial charge on any atom is 0.325 e. The number of methoxy groups -OCH3 is 1. The zero-order valence-corrected chi connectivity index (χ0v) is 18.2. The molecule has 6 rings (SSSR count). The van der Waals surface area contributed by atoms with Crippen LogP contribution in [0.25, 0.3) is 0 Å². The van der Waals surface area contributed by atoms with Crippen LogP contribution in [0.4, 0.5) is 0 Å². The van der Waals surface area contributed by atoms with Crippen LogP contribution in [0, 0.1) is 29.6 Å². The minimum absolute atomic E-state index is 0.0298. The number of fused-ring (bicyclic) bond motifs is 9. The van der Waals surface area contributed by atoms with Gasteiger partial charge in [-0.3, -0.25) is 29.1 Å². The van der Waals surface area contributed by atoms with Crippen LogP contribution in [0.15, 0.2) is 34.3 Å². The summed E-state index contributed by atoms with van der Waals surface area (Å²) in [6.07, 6.45) is 4.37. The first-order chi connectivity index (χ1) is 15.0. The van der Waals surface area contributed by atoms with Crippen LogP contribution < -0.4 is 4.87 Å². The number of aromatic amines is 1. The topological polar surface area (TPSA) is 109 Å². The molecule has 0 unspecified atom stereocenters. The number of hydrogen-bond acceptors (Lipinski definition) is 8. The van der Waals surface area contributed by atoms with Gasteiger partial charge in [-0.05, 0) is 35.8 Å². The van der Waals surface area contributed by atoms with Crippen LogP contribution in [0.1, 0.15) is 22.8 Å². The Balaban J connectivity index is 1.43. The summed E-state index contributed by atoms with van der Waals surface area (Å²) in [4.78, 5) is 59.6. The van der Waals surface area contributed by atoms with Gasteiger partial charge in [-0.1, -0.05) is 17.4 Å². The zero-order chi connectivity index (χ0) is 21.4. The van der Waals surface area contributed by atoms with E-state index in [0.717, 1.165) is 26.8 Å². The van der Waals surface area contributed by atoms with Crippen molar-refractivity contribution in [1.82, 2.24) is 14.9 Å². The van der Waals surface area contributed by atoms with Gasteiger partial charge >= 0.3 is 10.8 Å². The molecule has 2 aliphatic carbocycles. The molecule has 2 saturated carbocycles. The lowest BCUT2D eigenvalue weighted by molar-refractivity contribution is -0.151. The van der Waals surface area contributed by atoms with Crippen molar-refractivity contribution in [3.63, 3.8) is 0 Å². The Hall–Kier alpha value is -2.46. The lowest BCUT2D eigenvalue weighted by Gasteiger charge is -2.42. The molecular weight excluding hydrogens is 438 g/mol. The molecule has 2 bridgehead atoms. The first-order valence-corrected chi connectivity index (χ1v) is 11.9. The number of pyridine rings is 1. The van der Waals surface area contributed by atoms with Crippen LogP contribution in [0.2, 0.25) is 0 Å². The van der Waals surface area contributed by atoms with Gasteiger partial charge in [0.1, 0.15) is 6.54 Å². The van der Waals surface area contributed by atoms with Gasteiger partial charge in [-0.15, -0.1) is 11.8 Å². The van der Waals surface area contributed by atoms with Gasteiger partial charge in [0.2, 0.25) is 11.8 Å². The number of thioether (sulfide) groups is 1. The van der Waals surface area contributed by atoms with Crippen molar-refractivity contribution in [2.45, 2.75) is 22.6 Å². The van der Waals surface area contributed by atoms with Crippen molar-refractivity contribution in [3.05, 3.63) is 44.6 Å². The van der Waals surface area contributed by atoms with Crippen LogP contribution in [-0.4, -0.2) is 51.6 Å². The van der Waals surface area contributed by atoms with Crippen LogP contribution in [0.3, 0.4) is 0 Å². The van der Waals surface area contributed by atoms with Gasteiger partial charge in [0.25, 0.3) is 0 Å². The Bertz CT molecular complexity index is 1160. The Morgan fingerprint density at radius 3 is 2.74 bits per heavy atom. The molecule has 1 saturated heterocycles. The molecule has 4 heterocycles. The minimum atomic E-state index is -0.589. The fourth-order valence-corrected chi connectivity index (χ4v) is 9.25. The highest BCUT2D eigenvalue weighted by Crippen LogP contribution is 2.68. The van der Waals surface area contributed by atoms with Crippen molar-refractivity contribution in [1.29, 1.82) is 0 Å². The van der Waals surface area contributed by atoms with Crippen LogP contribution in [0.5, 0.6) is 0 Å². The molecule has 0 spiro atoms. The van der Waals surface area contributed by atoms with E-state index in [1.807, 2.05) is 18.3 Å². The fourth-order valence-electron chi connectivity index (χ4n) is 6.36. The highest BCUT2D eigenvalue weighted by molar-refractivity contribution is 8.00. The molecule has 31 heavy (non-hydrogen) atoms. The Labute approximate surface area is 185 Å². The second-order valence-electron chi connectivity index (χ2n) is 8.59. The van der Waals surface area contributed by atoms with E-state index in [9.17, 15) is 19.2 Å². The maximum atomic E-state index is 13.2. The van der Waals surface area contributed by atoms with Crippen molar-refractivity contribution in [2.24, 2.45) is 29.6 Å². The summed E-state index contributed by atoms with van der Waals surface area (Å²) in [6, 6.07) is 3.91. The molecule has 0 radical (unpaired) electrons. The molecule has 10 heteroatoms. The SMILES string of the molecule is COC(=O)CN1C(=O)[C@@H]2[C@H]3C[C@H]([C@H]4Sc5[nH]c(=O)sc5[C@@H](c5cccnc5)[C@H]34)[C@@H]2C1=O. The molecule has 1 N–H and O–H groups in total. The third-order valence-electron chi connectivity index (χ3n) is 7.37. The smallest absolute Gasteiger partial charge is 0.325 e. The van der Waals surface area contributed by atoms with Crippen LogP contribution in [-0.2, 0) is 19.1 Å². The Morgan fingerprint density at radius 1 is 1.26 bits per heavy atom. The number of H-pyrrole nitrogens is 1. The molecule has 8 nitrogen and oxygen atoms in total. The summed E-state index contributed by atoms with van der Waals surface area (Å²) in [5, 5.41) is 1.00. The van der Waals surface area contributed by atoms with E-state index < -0.39 is 17.8 Å². The standard InChI is InChI=1S/C21H19N3O5S2/c1-29-11(25)7-24-19(26)14-9-5-10(15(14)20(24)27)16-13(9)12(8-3-2-4-22-6-8)17-18(30-16)23-21(28)31-17/h2-4,6,9-10,12-16H,5,7H2,1H3,(H,23,28)/t9-,10-,12-,13-,14+,15-,16+/m0/s1. The predicted molar refractivity (Wildman–Crippen MR) is 111 cm³/mol. The number of thiazole rings is 1. The van der Waals surface area contributed by atoms with Crippen molar-refractivity contribution < 1.29 is 19.1 Å². The molecule has 4 aliphatic rings. The average Bonchev–Trinajstić information content (AvgIpc) is 3.49. The number of hydrogen-bond donors (Lipinski definition) is 1. The number of ether oxygens (including phenoxy) is 1. The zero-order valence-electron chi connectivity index (χ0n) is 16.5. The number of esters is 1. The number of imide groups is 1. The lowest BCUT2D eigenvalue weighted by atomic mass is 9.68. The molecular formula is C21H19N3O5S2. The number of nitrogens with zero attached hydrogens (tertiary/aromatic N) is 2. The van der Waals surface area contributed by atoms with E-state index in [0.29, 0.717) is 0 Å². The molecule has 2 aromatic heterocycles. The number of aromatic nitrogens is 2. The largest absolute Gasteiger partial charge is 0.468 e. The van der Waals surface area contributed by atoms with Gasteiger partial charge in [-0.2, -0.15) is 0 Å². The first-order valence-electron chi connectivity index (χ1n) is 10.2. The molecule has 160 valence electrons. The van der Waals surface area contributed by atoms with E-state index in [4.69, 9.17) is 0 Å². The van der Waals surface area contributed by atoms with E-state index in [2.05, 4.69) is 14.7 Å². The highest BCUT2D eigenvalue weighted by atomic mass is 32.2. The predicted octanol–water partition coefficient (Wildman–Crippen LogP) is 1.48. The summed E-state index contributed by atoms with van der Waals surface area (Å²) in [6.45, 7) is -0.324. The highest BCUT2D eigenvalue weighted by Gasteiger charge is 2.69. The minimum Gasteiger partial charge on any atom is -0.468 e. The third kappa shape index (κ3) is 2.57. The van der Waals surface area contributed by atoms with Crippen molar-refractivity contribution in [3.8, 4) is 0 Å². The number of nitrogens with one attached hydrogen (secondary N) is 1. The van der Waals surface area contributed by atoms with Crippen LogP contribution >= 0.6 is 23.1 Å². The lowest BCUT2D eigenvalue weighted by Crippen LogP contribution is -2.42. The Kier molecular flexibility index (Phi) is 4.20. The molecule has 2 aliphatic heterocycles. The molecule has 2 aromatic rings. The fraction of sp³-hybridized carbons (Fsp3) is 0.476. The number of likely N-dealkylation sites (tertiary alicyclic amines) is 1. The van der Waals surface area contributed by atoms with E-state index in [-0.39, 0.29) is 52.2 Å². The van der Waals surface area contributed by atoms with E-state index in [1.54, 1.807) is 18.0 Å². The van der Waals surface area contributed by atoms with Gasteiger partial charge < -0.3 is 9.72 Å². The molecule has 3 fully saturated rings.